The second-order valence-electron chi connectivity index (χ2n) is 9.48. The number of carbonyl (C=O) groups excluding carboxylic acids is 1. The summed E-state index contributed by atoms with van der Waals surface area (Å²) >= 11 is 0. The molecule has 0 aliphatic heterocycles. The van der Waals surface area contributed by atoms with Gasteiger partial charge in [-0.2, -0.15) is 0 Å². The number of hydrogen-bond acceptors (Lipinski definition) is 1. The van der Waals surface area contributed by atoms with E-state index in [0.29, 0.717) is 29.0 Å². The van der Waals surface area contributed by atoms with Crippen molar-refractivity contribution < 1.29 is 4.79 Å². The Morgan fingerprint density at radius 2 is 1.92 bits per heavy atom. The van der Waals surface area contributed by atoms with Gasteiger partial charge in [-0.1, -0.05) is 51.0 Å². The van der Waals surface area contributed by atoms with Crippen LogP contribution in [0.15, 0.2) is 23.8 Å². The van der Waals surface area contributed by atoms with Crippen LogP contribution >= 0.6 is 0 Å². The molecule has 2 fully saturated rings. The molecule has 0 heterocycles. The van der Waals surface area contributed by atoms with Crippen molar-refractivity contribution in [2.24, 2.45) is 22.7 Å². The molecule has 0 N–H and O–H groups in total. The fourth-order valence-corrected chi connectivity index (χ4v) is 5.80. The van der Waals surface area contributed by atoms with Gasteiger partial charge in [-0.15, -0.1) is 0 Å². The molecule has 0 radical (unpaired) electrons. The summed E-state index contributed by atoms with van der Waals surface area (Å²) in [6, 6.07) is 0. The normalized spacial score (nSPS) is 33.2. The molecule has 2 rings (SSSR count). The zero-order chi connectivity index (χ0) is 18.0. The van der Waals surface area contributed by atoms with Crippen molar-refractivity contribution in [1.29, 1.82) is 0 Å². The molecule has 2 unspecified atom stereocenters. The first kappa shape index (κ1) is 19.5. The van der Waals surface area contributed by atoms with E-state index in [-0.39, 0.29) is 0 Å². The smallest absolute Gasteiger partial charge is 0.130 e. The molecule has 2 aliphatic rings. The van der Waals surface area contributed by atoms with Crippen LogP contribution in [0.5, 0.6) is 0 Å². The SMILES string of the molecule is C=C1CCC2C(C)(C)CCC[C@@]2(C)C1CCC(C)=CCCC(C)=O. The third kappa shape index (κ3) is 4.21. The molecule has 0 amide bonds. The van der Waals surface area contributed by atoms with Crippen LogP contribution in [0.25, 0.3) is 0 Å². The van der Waals surface area contributed by atoms with Gasteiger partial charge in [0.1, 0.15) is 5.78 Å². The molecule has 3 atom stereocenters. The Morgan fingerprint density at radius 1 is 1.21 bits per heavy atom. The summed E-state index contributed by atoms with van der Waals surface area (Å²) in [6.07, 6.45) is 13.0. The summed E-state index contributed by atoms with van der Waals surface area (Å²) in [4.78, 5) is 11.1. The van der Waals surface area contributed by atoms with E-state index in [0.717, 1.165) is 18.8 Å². The van der Waals surface area contributed by atoms with Crippen LogP contribution in [-0.2, 0) is 4.79 Å². The van der Waals surface area contributed by atoms with Gasteiger partial charge in [0.15, 0.2) is 0 Å². The predicted molar refractivity (Wildman–Crippen MR) is 104 cm³/mol. The highest BCUT2D eigenvalue weighted by Gasteiger charge is 2.52. The van der Waals surface area contributed by atoms with E-state index in [4.69, 9.17) is 0 Å². The van der Waals surface area contributed by atoms with Gasteiger partial charge in [-0.25, -0.2) is 0 Å². The molecule has 2 aliphatic carbocycles. The lowest BCUT2D eigenvalue weighted by Crippen LogP contribution is -2.49. The first-order chi connectivity index (χ1) is 11.2. The van der Waals surface area contributed by atoms with Crippen LogP contribution in [0.3, 0.4) is 0 Å². The molecule has 0 aromatic carbocycles. The van der Waals surface area contributed by atoms with E-state index < -0.39 is 0 Å². The topological polar surface area (TPSA) is 17.1 Å². The fourth-order valence-electron chi connectivity index (χ4n) is 5.80. The quantitative estimate of drug-likeness (QED) is 0.485. The van der Waals surface area contributed by atoms with Crippen molar-refractivity contribution in [3.8, 4) is 0 Å². The molecule has 0 aromatic heterocycles. The minimum absolute atomic E-state index is 0.291. The third-order valence-corrected chi connectivity index (χ3v) is 7.14. The minimum atomic E-state index is 0.291. The Morgan fingerprint density at radius 3 is 2.58 bits per heavy atom. The van der Waals surface area contributed by atoms with Gasteiger partial charge in [0.2, 0.25) is 0 Å². The number of Topliss-reactive ketones (excluding diaryl/α,β-unsaturated/α-hetero) is 1. The van der Waals surface area contributed by atoms with Gasteiger partial charge < -0.3 is 4.79 Å². The van der Waals surface area contributed by atoms with E-state index in [9.17, 15) is 4.79 Å². The molecule has 0 spiro atoms. The van der Waals surface area contributed by atoms with Crippen LogP contribution in [-0.4, -0.2) is 5.78 Å². The van der Waals surface area contributed by atoms with Crippen molar-refractivity contribution in [3.05, 3.63) is 23.8 Å². The zero-order valence-corrected chi connectivity index (χ0v) is 16.7. The Kier molecular flexibility index (Phi) is 6.15. The molecule has 24 heavy (non-hydrogen) atoms. The number of ketones is 1. The minimum Gasteiger partial charge on any atom is -0.300 e. The second-order valence-corrected chi connectivity index (χ2v) is 9.48. The van der Waals surface area contributed by atoms with E-state index in [2.05, 4.69) is 40.3 Å². The van der Waals surface area contributed by atoms with Crippen molar-refractivity contribution in [1.82, 2.24) is 0 Å². The first-order valence-corrected chi connectivity index (χ1v) is 9.99. The number of rotatable bonds is 6. The van der Waals surface area contributed by atoms with Gasteiger partial charge in [0, 0.05) is 6.42 Å². The van der Waals surface area contributed by atoms with Gasteiger partial charge in [-0.3, -0.25) is 0 Å². The van der Waals surface area contributed by atoms with Crippen LogP contribution < -0.4 is 0 Å². The largest absolute Gasteiger partial charge is 0.300 e. The maximum atomic E-state index is 11.1. The van der Waals surface area contributed by atoms with E-state index >= 15 is 0 Å². The van der Waals surface area contributed by atoms with Crippen LogP contribution in [0, 0.1) is 22.7 Å². The summed E-state index contributed by atoms with van der Waals surface area (Å²) < 4.78 is 0. The van der Waals surface area contributed by atoms with Crippen molar-refractivity contribution in [3.63, 3.8) is 0 Å². The van der Waals surface area contributed by atoms with Gasteiger partial charge in [0.25, 0.3) is 0 Å². The van der Waals surface area contributed by atoms with Gasteiger partial charge >= 0.3 is 0 Å². The predicted octanol–water partition coefficient (Wildman–Crippen LogP) is 6.88. The molecule has 2 saturated carbocycles. The lowest BCUT2D eigenvalue weighted by atomic mass is 9.47. The molecule has 1 nitrogen and oxygen atoms in total. The lowest BCUT2D eigenvalue weighted by molar-refractivity contribution is -0.116. The van der Waals surface area contributed by atoms with Gasteiger partial charge in [0.05, 0.1) is 0 Å². The molecule has 136 valence electrons. The summed E-state index contributed by atoms with van der Waals surface area (Å²) in [7, 11) is 0. The van der Waals surface area contributed by atoms with E-state index in [1.807, 2.05) is 0 Å². The van der Waals surface area contributed by atoms with Crippen molar-refractivity contribution >= 4 is 5.78 Å². The Hall–Kier alpha value is -0.850. The maximum absolute atomic E-state index is 11.1. The van der Waals surface area contributed by atoms with Crippen LogP contribution in [0.4, 0.5) is 0 Å². The Labute approximate surface area is 150 Å². The van der Waals surface area contributed by atoms with E-state index in [1.165, 1.54) is 49.7 Å². The number of allylic oxidation sites excluding steroid dienone is 3. The molecule has 1 heteroatoms. The van der Waals surface area contributed by atoms with Crippen LogP contribution in [0.2, 0.25) is 0 Å². The number of hydrogen-bond donors (Lipinski definition) is 0. The highest BCUT2D eigenvalue weighted by atomic mass is 16.1. The monoisotopic (exact) mass is 330 g/mol. The maximum Gasteiger partial charge on any atom is 0.130 e. The molecular weight excluding hydrogens is 292 g/mol. The highest BCUT2D eigenvalue weighted by Crippen LogP contribution is 2.61. The number of carbonyl (C=O) groups is 1. The zero-order valence-electron chi connectivity index (χ0n) is 16.7. The average molecular weight is 331 g/mol. The standard InChI is InChI=1S/C23H38O/c1-17(9-7-10-19(3)24)11-13-20-18(2)12-14-21-22(4,5)15-8-16-23(20,21)6/h9,20-21H,2,7-8,10-16H2,1,3-6H3/t20?,21?,23-/m0/s1. The third-order valence-electron chi connectivity index (χ3n) is 7.14. The lowest BCUT2D eigenvalue weighted by Gasteiger charge is -2.58. The molecular formula is C23H38O. The summed E-state index contributed by atoms with van der Waals surface area (Å²) in [5, 5.41) is 0. The Balaban J connectivity index is 2.04. The van der Waals surface area contributed by atoms with Gasteiger partial charge in [-0.05, 0) is 81.5 Å². The average Bonchev–Trinajstić information content (AvgIpc) is 2.45. The van der Waals surface area contributed by atoms with Crippen molar-refractivity contribution in [2.45, 2.75) is 92.4 Å². The molecule has 0 aromatic rings. The molecule has 0 bridgehead atoms. The summed E-state index contributed by atoms with van der Waals surface area (Å²) in [5.74, 6) is 1.81. The van der Waals surface area contributed by atoms with Crippen LogP contribution in [0.1, 0.15) is 92.4 Å². The highest BCUT2D eigenvalue weighted by molar-refractivity contribution is 5.75. The molecule has 0 saturated heterocycles. The van der Waals surface area contributed by atoms with E-state index in [1.54, 1.807) is 6.92 Å². The number of fused-ring (bicyclic) bond motifs is 1. The fraction of sp³-hybridized carbons (Fsp3) is 0.783. The Bertz CT molecular complexity index is 510. The summed E-state index contributed by atoms with van der Waals surface area (Å²) in [6.45, 7) is 15.9. The summed E-state index contributed by atoms with van der Waals surface area (Å²) in [5.41, 5.74) is 3.88. The first-order valence-electron chi connectivity index (χ1n) is 9.99. The second kappa shape index (κ2) is 7.58. The van der Waals surface area contributed by atoms with Crippen molar-refractivity contribution in [2.75, 3.05) is 0 Å².